The first-order valence-electron chi connectivity index (χ1n) is 7.73. The number of phenolic OH excluding ortho intramolecular Hbond substituents is 1. The topological polar surface area (TPSA) is 37.3 Å². The van der Waals surface area contributed by atoms with E-state index in [4.69, 9.17) is 23.2 Å². The van der Waals surface area contributed by atoms with Crippen LogP contribution in [0.5, 0.6) is 5.75 Å². The molecule has 2 nitrogen and oxygen atoms in total. The number of hydrogen-bond acceptors (Lipinski definition) is 2. The first-order valence-corrected chi connectivity index (χ1v) is 8.48. The summed E-state index contributed by atoms with van der Waals surface area (Å²) in [6.07, 6.45) is 6.23. The van der Waals surface area contributed by atoms with Crippen molar-refractivity contribution in [2.75, 3.05) is 0 Å². The van der Waals surface area contributed by atoms with Gasteiger partial charge in [-0.3, -0.25) is 4.79 Å². The van der Waals surface area contributed by atoms with Crippen LogP contribution >= 0.6 is 23.2 Å². The van der Waals surface area contributed by atoms with Gasteiger partial charge in [-0.05, 0) is 66.8 Å². The van der Waals surface area contributed by atoms with Gasteiger partial charge in [0.2, 0.25) is 0 Å². The van der Waals surface area contributed by atoms with Crippen LogP contribution in [0.1, 0.15) is 30.4 Å². The summed E-state index contributed by atoms with van der Waals surface area (Å²) in [6.45, 7) is 0. The van der Waals surface area contributed by atoms with E-state index in [1.54, 1.807) is 36.4 Å². The van der Waals surface area contributed by atoms with E-state index in [2.05, 4.69) is 0 Å². The number of benzene rings is 2. The number of allylic oxidation sites excluding steroid dienone is 2. The molecule has 2 aromatic rings. The number of carbonyl (C=O) groups excluding carboxylic acids is 1. The molecule has 0 bridgehead atoms. The summed E-state index contributed by atoms with van der Waals surface area (Å²) in [5.41, 5.74) is 3.36. The average Bonchev–Trinajstić information content (AvgIpc) is 2.57. The largest absolute Gasteiger partial charge is 0.508 e. The monoisotopic (exact) mass is 358 g/mol. The summed E-state index contributed by atoms with van der Waals surface area (Å²) < 4.78 is 0. The number of rotatable bonds is 2. The summed E-state index contributed by atoms with van der Waals surface area (Å²) in [5, 5.41) is 10.3. The Kier molecular flexibility index (Phi) is 5.08. The fourth-order valence-corrected chi connectivity index (χ4v) is 3.06. The third-order valence-electron chi connectivity index (χ3n) is 3.99. The van der Waals surface area contributed by atoms with E-state index in [0.717, 1.165) is 41.5 Å². The third kappa shape index (κ3) is 3.89. The molecule has 1 aliphatic rings. The zero-order valence-corrected chi connectivity index (χ0v) is 14.4. The zero-order chi connectivity index (χ0) is 17.1. The molecule has 3 rings (SSSR count). The maximum absolute atomic E-state index is 12.7. The minimum Gasteiger partial charge on any atom is -0.508 e. The Balaban J connectivity index is 1.88. The van der Waals surface area contributed by atoms with Gasteiger partial charge in [0.25, 0.3) is 0 Å². The molecule has 1 fully saturated rings. The molecule has 0 aromatic heterocycles. The van der Waals surface area contributed by atoms with Crippen LogP contribution < -0.4 is 0 Å². The van der Waals surface area contributed by atoms with E-state index in [-0.39, 0.29) is 11.5 Å². The Hall–Kier alpha value is -2.03. The van der Waals surface area contributed by atoms with Crippen molar-refractivity contribution in [1.82, 2.24) is 0 Å². The van der Waals surface area contributed by atoms with Crippen molar-refractivity contribution in [3.63, 3.8) is 0 Å². The van der Waals surface area contributed by atoms with Crippen LogP contribution in [0.2, 0.25) is 10.0 Å². The first-order chi connectivity index (χ1) is 11.5. The molecule has 4 heteroatoms. The second-order valence-electron chi connectivity index (χ2n) is 5.79. The van der Waals surface area contributed by atoms with Crippen molar-refractivity contribution < 1.29 is 9.90 Å². The quantitative estimate of drug-likeness (QED) is 0.676. The molecular formula is C20H16Cl2O2. The SMILES string of the molecule is O=C1C(=Cc2ccc(O)cc2)CCCC1=Cc1ccc(Cl)c(Cl)c1. The lowest BCUT2D eigenvalue weighted by atomic mass is 9.87. The standard InChI is InChI=1S/C20H16Cl2O2/c21-18-9-6-14(12-19(18)22)11-16-3-1-2-15(20(16)24)10-13-4-7-17(23)8-5-13/h4-12,23H,1-3H2. The minimum absolute atomic E-state index is 0.0698. The number of halogens is 2. The van der Waals surface area contributed by atoms with Crippen LogP contribution in [0.3, 0.4) is 0 Å². The Bertz CT molecular complexity index is 833. The lowest BCUT2D eigenvalue weighted by Gasteiger charge is -2.16. The van der Waals surface area contributed by atoms with Crippen molar-refractivity contribution in [3.8, 4) is 5.75 Å². The summed E-state index contributed by atoms with van der Waals surface area (Å²) in [4.78, 5) is 12.7. The number of hydrogen-bond donors (Lipinski definition) is 1. The fourth-order valence-electron chi connectivity index (χ4n) is 2.75. The highest BCUT2D eigenvalue weighted by atomic mass is 35.5. The van der Waals surface area contributed by atoms with Crippen LogP contribution in [-0.2, 0) is 4.79 Å². The van der Waals surface area contributed by atoms with Gasteiger partial charge in [-0.1, -0.05) is 41.4 Å². The van der Waals surface area contributed by atoms with Gasteiger partial charge in [-0.25, -0.2) is 0 Å². The highest BCUT2D eigenvalue weighted by Crippen LogP contribution is 2.30. The normalized spacial score (nSPS) is 18.3. The summed E-state index contributed by atoms with van der Waals surface area (Å²) >= 11 is 12.0. The van der Waals surface area contributed by atoms with Gasteiger partial charge in [-0.2, -0.15) is 0 Å². The number of carbonyl (C=O) groups is 1. The second kappa shape index (κ2) is 7.25. The van der Waals surface area contributed by atoms with E-state index < -0.39 is 0 Å². The van der Waals surface area contributed by atoms with Crippen LogP contribution in [0.4, 0.5) is 0 Å². The molecule has 1 N–H and O–H groups in total. The Morgan fingerprint density at radius 2 is 1.42 bits per heavy atom. The molecule has 0 spiro atoms. The summed E-state index contributed by atoms with van der Waals surface area (Å²) in [6, 6.07) is 12.2. The first kappa shape index (κ1) is 16.8. The van der Waals surface area contributed by atoms with Gasteiger partial charge in [0.05, 0.1) is 10.0 Å². The molecule has 0 heterocycles. The van der Waals surface area contributed by atoms with Gasteiger partial charge in [0.1, 0.15) is 5.75 Å². The molecule has 122 valence electrons. The van der Waals surface area contributed by atoms with E-state index >= 15 is 0 Å². The van der Waals surface area contributed by atoms with E-state index in [1.165, 1.54) is 0 Å². The van der Waals surface area contributed by atoms with Gasteiger partial charge in [0.15, 0.2) is 5.78 Å². The molecule has 1 aliphatic carbocycles. The molecule has 0 amide bonds. The number of Topliss-reactive ketones (excluding diaryl/α,β-unsaturated/α-hetero) is 1. The summed E-state index contributed by atoms with van der Waals surface area (Å²) in [7, 11) is 0. The van der Waals surface area contributed by atoms with Gasteiger partial charge in [-0.15, -0.1) is 0 Å². The molecule has 0 aliphatic heterocycles. The van der Waals surface area contributed by atoms with Gasteiger partial charge >= 0.3 is 0 Å². The molecule has 0 unspecified atom stereocenters. The Morgan fingerprint density at radius 3 is 2.04 bits per heavy atom. The van der Waals surface area contributed by atoms with Gasteiger partial charge in [0, 0.05) is 11.1 Å². The predicted octanol–water partition coefficient (Wildman–Crippen LogP) is 5.92. The van der Waals surface area contributed by atoms with Crippen molar-refractivity contribution in [1.29, 1.82) is 0 Å². The van der Waals surface area contributed by atoms with Crippen molar-refractivity contribution >= 4 is 41.1 Å². The molecule has 0 radical (unpaired) electrons. The maximum atomic E-state index is 12.7. The van der Waals surface area contributed by atoms with Crippen molar-refractivity contribution in [2.45, 2.75) is 19.3 Å². The number of aromatic hydroxyl groups is 1. The number of ketones is 1. The predicted molar refractivity (Wildman–Crippen MR) is 99.4 cm³/mol. The number of phenols is 1. The van der Waals surface area contributed by atoms with Crippen LogP contribution in [0, 0.1) is 0 Å². The molecule has 2 aromatic carbocycles. The second-order valence-corrected chi connectivity index (χ2v) is 6.60. The highest BCUT2D eigenvalue weighted by Gasteiger charge is 2.20. The van der Waals surface area contributed by atoms with E-state index in [0.29, 0.717) is 10.0 Å². The fraction of sp³-hybridized carbons (Fsp3) is 0.150. The molecule has 24 heavy (non-hydrogen) atoms. The third-order valence-corrected chi connectivity index (χ3v) is 4.73. The average molecular weight is 359 g/mol. The van der Waals surface area contributed by atoms with E-state index in [9.17, 15) is 9.90 Å². The van der Waals surface area contributed by atoms with Gasteiger partial charge < -0.3 is 5.11 Å². The lowest BCUT2D eigenvalue weighted by Crippen LogP contribution is -2.12. The maximum Gasteiger partial charge on any atom is 0.185 e. The zero-order valence-electron chi connectivity index (χ0n) is 12.9. The highest BCUT2D eigenvalue weighted by molar-refractivity contribution is 6.42. The van der Waals surface area contributed by atoms with Crippen molar-refractivity contribution in [3.05, 3.63) is 74.8 Å². The summed E-state index contributed by atoms with van der Waals surface area (Å²) in [5.74, 6) is 0.285. The molecule has 0 atom stereocenters. The molecule has 1 saturated carbocycles. The molecular weight excluding hydrogens is 343 g/mol. The van der Waals surface area contributed by atoms with E-state index in [1.807, 2.05) is 18.2 Å². The van der Waals surface area contributed by atoms with Crippen molar-refractivity contribution in [2.24, 2.45) is 0 Å². The van der Waals surface area contributed by atoms with Crippen LogP contribution in [0.15, 0.2) is 53.6 Å². The molecule has 0 saturated heterocycles. The van der Waals surface area contributed by atoms with Crippen LogP contribution in [-0.4, -0.2) is 10.9 Å². The Morgan fingerprint density at radius 1 is 0.833 bits per heavy atom. The minimum atomic E-state index is 0.0698. The van der Waals surface area contributed by atoms with Crippen LogP contribution in [0.25, 0.3) is 12.2 Å². The smallest absolute Gasteiger partial charge is 0.185 e. The Labute approximate surface area is 151 Å². The lowest BCUT2D eigenvalue weighted by molar-refractivity contribution is -0.112.